The van der Waals surface area contributed by atoms with E-state index in [1.165, 1.54) is 4.88 Å². The maximum Gasteiger partial charge on any atom is 0.339 e. The van der Waals surface area contributed by atoms with Gasteiger partial charge in [0.25, 0.3) is 0 Å². The lowest BCUT2D eigenvalue weighted by atomic mass is 9.94. The molecule has 19 heavy (non-hydrogen) atoms. The zero-order valence-electron chi connectivity index (χ0n) is 11.0. The number of fused-ring (bicyclic) bond motifs is 1. The number of hydrogen-bond acceptors (Lipinski definition) is 5. The Morgan fingerprint density at radius 1 is 1.32 bits per heavy atom. The van der Waals surface area contributed by atoms with Crippen LogP contribution in [-0.4, -0.2) is 24.1 Å². The van der Waals surface area contributed by atoms with Crippen molar-refractivity contribution in [3.63, 3.8) is 0 Å². The molecule has 3 nitrogen and oxygen atoms in total. The summed E-state index contributed by atoms with van der Waals surface area (Å²) in [5.74, 6) is -0.0125. The van der Waals surface area contributed by atoms with Gasteiger partial charge in [0, 0.05) is 21.9 Å². The fourth-order valence-electron chi connectivity index (χ4n) is 2.42. The third kappa shape index (κ3) is 3.20. The van der Waals surface area contributed by atoms with Crippen LogP contribution in [0.2, 0.25) is 0 Å². The zero-order valence-corrected chi connectivity index (χ0v) is 12.7. The van der Waals surface area contributed by atoms with Crippen molar-refractivity contribution in [2.75, 3.05) is 12.4 Å². The summed E-state index contributed by atoms with van der Waals surface area (Å²) in [5, 5.41) is 0. The standard InChI is InChI=1S/C14H18O3S2/c1-2-17-14(16)13-10-5-3-4-6-11(10)19-12(13)7-9(15)8-18/h18H,2-8H2,1H3. The first-order valence-electron chi connectivity index (χ1n) is 6.60. The van der Waals surface area contributed by atoms with Crippen molar-refractivity contribution in [1.82, 2.24) is 0 Å². The van der Waals surface area contributed by atoms with E-state index < -0.39 is 0 Å². The Kier molecular flexibility index (Phi) is 5.05. The van der Waals surface area contributed by atoms with Crippen molar-refractivity contribution in [1.29, 1.82) is 0 Å². The molecule has 0 amide bonds. The van der Waals surface area contributed by atoms with Crippen LogP contribution >= 0.6 is 24.0 Å². The molecule has 1 heterocycles. The lowest BCUT2D eigenvalue weighted by Crippen LogP contribution is -2.13. The van der Waals surface area contributed by atoms with Crippen LogP contribution in [-0.2, 0) is 28.8 Å². The summed E-state index contributed by atoms with van der Waals surface area (Å²) >= 11 is 5.61. The fraction of sp³-hybridized carbons (Fsp3) is 0.571. The Morgan fingerprint density at radius 3 is 2.74 bits per heavy atom. The molecule has 1 aromatic heterocycles. The van der Waals surface area contributed by atoms with Gasteiger partial charge >= 0.3 is 5.97 Å². The van der Waals surface area contributed by atoms with Crippen LogP contribution in [0.15, 0.2) is 0 Å². The zero-order chi connectivity index (χ0) is 13.8. The van der Waals surface area contributed by atoms with Gasteiger partial charge < -0.3 is 4.74 Å². The van der Waals surface area contributed by atoms with Gasteiger partial charge in [0.2, 0.25) is 0 Å². The second kappa shape index (κ2) is 6.57. The molecule has 0 aromatic carbocycles. The van der Waals surface area contributed by atoms with Crippen LogP contribution in [0.3, 0.4) is 0 Å². The average Bonchev–Trinajstić information content (AvgIpc) is 2.76. The predicted octanol–water partition coefficient (Wildman–Crippen LogP) is 2.85. The van der Waals surface area contributed by atoms with Crippen LogP contribution in [0, 0.1) is 0 Å². The van der Waals surface area contributed by atoms with Gasteiger partial charge in [0.1, 0.15) is 5.78 Å². The van der Waals surface area contributed by atoms with Gasteiger partial charge in [-0.2, -0.15) is 12.6 Å². The molecule has 5 heteroatoms. The lowest BCUT2D eigenvalue weighted by molar-refractivity contribution is -0.115. The van der Waals surface area contributed by atoms with Gasteiger partial charge in [-0.15, -0.1) is 11.3 Å². The predicted molar refractivity (Wildman–Crippen MR) is 79.5 cm³/mol. The molecule has 0 radical (unpaired) electrons. The molecule has 0 unspecified atom stereocenters. The molecule has 0 aliphatic heterocycles. The maximum absolute atomic E-state index is 12.1. The Morgan fingerprint density at radius 2 is 2.05 bits per heavy atom. The quantitative estimate of drug-likeness (QED) is 0.671. The molecule has 0 spiro atoms. The van der Waals surface area contributed by atoms with E-state index in [2.05, 4.69) is 12.6 Å². The summed E-state index contributed by atoms with van der Waals surface area (Å²) < 4.78 is 5.15. The highest BCUT2D eigenvalue weighted by atomic mass is 32.1. The number of rotatable bonds is 5. The second-order valence-electron chi connectivity index (χ2n) is 4.60. The number of hydrogen-bond donors (Lipinski definition) is 1. The average molecular weight is 298 g/mol. The highest BCUT2D eigenvalue weighted by Gasteiger charge is 2.26. The Balaban J connectivity index is 2.37. The molecule has 0 saturated heterocycles. The molecule has 1 aliphatic carbocycles. The highest BCUT2D eigenvalue weighted by Crippen LogP contribution is 2.35. The van der Waals surface area contributed by atoms with Crippen molar-refractivity contribution in [3.05, 3.63) is 20.9 Å². The van der Waals surface area contributed by atoms with Gasteiger partial charge in [-0.3, -0.25) is 4.79 Å². The Bertz CT molecular complexity index is 491. The molecule has 0 bridgehead atoms. The number of aryl methyl sites for hydroxylation is 1. The molecule has 1 aliphatic rings. The van der Waals surface area contributed by atoms with E-state index >= 15 is 0 Å². The van der Waals surface area contributed by atoms with E-state index in [1.807, 2.05) is 0 Å². The van der Waals surface area contributed by atoms with E-state index in [-0.39, 0.29) is 17.5 Å². The van der Waals surface area contributed by atoms with Crippen LogP contribution < -0.4 is 0 Å². The first-order valence-corrected chi connectivity index (χ1v) is 8.05. The van der Waals surface area contributed by atoms with Crippen molar-refractivity contribution in [2.45, 2.75) is 39.0 Å². The summed E-state index contributed by atoms with van der Waals surface area (Å²) in [5.41, 5.74) is 1.79. The highest BCUT2D eigenvalue weighted by molar-refractivity contribution is 7.81. The van der Waals surface area contributed by atoms with Gasteiger partial charge in [-0.05, 0) is 38.2 Å². The SMILES string of the molecule is CCOC(=O)c1c(CC(=O)CS)sc2c1CCCC2. The van der Waals surface area contributed by atoms with Crippen LogP contribution in [0.1, 0.15) is 45.4 Å². The van der Waals surface area contributed by atoms with Gasteiger partial charge in [0.15, 0.2) is 0 Å². The van der Waals surface area contributed by atoms with Crippen molar-refractivity contribution in [3.8, 4) is 0 Å². The van der Waals surface area contributed by atoms with Crippen LogP contribution in [0.25, 0.3) is 0 Å². The van der Waals surface area contributed by atoms with E-state index in [4.69, 9.17) is 4.74 Å². The summed E-state index contributed by atoms with van der Waals surface area (Å²) in [6.07, 6.45) is 4.51. The minimum Gasteiger partial charge on any atom is -0.462 e. The fourth-order valence-corrected chi connectivity index (χ4v) is 3.95. The molecule has 0 N–H and O–H groups in total. The first-order chi connectivity index (χ1) is 9.17. The number of Topliss-reactive ketones (excluding diaryl/α,β-unsaturated/α-hetero) is 1. The number of ketones is 1. The number of thiol groups is 1. The molecular formula is C14H18O3S2. The van der Waals surface area contributed by atoms with E-state index in [0.717, 1.165) is 36.1 Å². The third-order valence-corrected chi connectivity index (χ3v) is 4.90. The van der Waals surface area contributed by atoms with Crippen molar-refractivity contribution < 1.29 is 14.3 Å². The van der Waals surface area contributed by atoms with Crippen LogP contribution in [0.4, 0.5) is 0 Å². The summed E-state index contributed by atoms with van der Waals surface area (Å²) in [7, 11) is 0. The Hall–Kier alpha value is -0.810. The smallest absolute Gasteiger partial charge is 0.339 e. The number of esters is 1. The maximum atomic E-state index is 12.1. The summed E-state index contributed by atoms with van der Waals surface area (Å²) in [6.45, 7) is 2.17. The lowest BCUT2D eigenvalue weighted by Gasteiger charge is -2.12. The second-order valence-corrected chi connectivity index (χ2v) is 6.11. The third-order valence-electron chi connectivity index (χ3n) is 3.26. The van der Waals surface area contributed by atoms with Gasteiger partial charge in [-0.1, -0.05) is 0 Å². The number of carbonyl (C=O) groups is 2. The number of thiophene rings is 1. The van der Waals surface area contributed by atoms with E-state index in [0.29, 0.717) is 18.6 Å². The largest absolute Gasteiger partial charge is 0.462 e. The van der Waals surface area contributed by atoms with Gasteiger partial charge in [0.05, 0.1) is 12.2 Å². The minimum atomic E-state index is -0.274. The van der Waals surface area contributed by atoms with E-state index in [1.54, 1.807) is 18.3 Å². The molecule has 0 saturated carbocycles. The summed E-state index contributed by atoms with van der Waals surface area (Å²) in [4.78, 5) is 25.9. The topological polar surface area (TPSA) is 43.4 Å². The first kappa shape index (κ1) is 14.6. The Labute approximate surface area is 122 Å². The van der Waals surface area contributed by atoms with Gasteiger partial charge in [-0.25, -0.2) is 4.79 Å². The summed E-state index contributed by atoms with van der Waals surface area (Å²) in [6, 6.07) is 0. The molecule has 1 aromatic rings. The van der Waals surface area contributed by atoms with Crippen LogP contribution in [0.5, 0.6) is 0 Å². The van der Waals surface area contributed by atoms with Crippen molar-refractivity contribution in [2.24, 2.45) is 0 Å². The molecule has 0 fully saturated rings. The van der Waals surface area contributed by atoms with Crippen molar-refractivity contribution >= 4 is 35.7 Å². The molecule has 0 atom stereocenters. The molecule has 2 rings (SSSR count). The molecule has 104 valence electrons. The minimum absolute atomic E-state index is 0.0486. The monoisotopic (exact) mass is 298 g/mol. The normalized spacial score (nSPS) is 14.0. The molecular weight excluding hydrogens is 280 g/mol. The number of carbonyl (C=O) groups excluding carboxylic acids is 2. The van der Waals surface area contributed by atoms with E-state index in [9.17, 15) is 9.59 Å². The number of ether oxygens (including phenoxy) is 1.